The van der Waals surface area contributed by atoms with Crippen LogP contribution in [0.4, 0.5) is 13.2 Å². The van der Waals surface area contributed by atoms with Gasteiger partial charge in [-0.05, 0) is 19.9 Å². The highest BCUT2D eigenvalue weighted by Crippen LogP contribution is 2.22. The summed E-state index contributed by atoms with van der Waals surface area (Å²) in [4.78, 5) is 4.05. The van der Waals surface area contributed by atoms with E-state index in [1.165, 1.54) is 6.33 Å². The Labute approximate surface area is 114 Å². The largest absolute Gasteiger partial charge is 0.323 e. The highest BCUT2D eigenvalue weighted by molar-refractivity contribution is 5.24. The highest BCUT2D eigenvalue weighted by Gasteiger charge is 2.20. The zero-order valence-corrected chi connectivity index (χ0v) is 11.1. The first-order chi connectivity index (χ1) is 9.41. The van der Waals surface area contributed by atoms with Crippen LogP contribution in [-0.2, 0) is 6.42 Å². The van der Waals surface area contributed by atoms with E-state index in [0.29, 0.717) is 5.82 Å². The van der Waals surface area contributed by atoms with Gasteiger partial charge in [-0.25, -0.2) is 22.8 Å². The van der Waals surface area contributed by atoms with Gasteiger partial charge >= 0.3 is 0 Å². The average molecular weight is 284 g/mol. The molecule has 1 aromatic carbocycles. The van der Waals surface area contributed by atoms with Gasteiger partial charge in [0.1, 0.15) is 12.2 Å². The highest BCUT2D eigenvalue weighted by atomic mass is 19.2. The summed E-state index contributed by atoms with van der Waals surface area (Å²) in [5, 5.41) is 4.04. The van der Waals surface area contributed by atoms with Crippen molar-refractivity contribution >= 4 is 0 Å². The van der Waals surface area contributed by atoms with E-state index in [0.717, 1.165) is 12.1 Å². The Morgan fingerprint density at radius 1 is 1.20 bits per heavy atom. The molecule has 1 aromatic heterocycles. The summed E-state index contributed by atoms with van der Waals surface area (Å²) in [6.07, 6.45) is 1.56. The molecule has 2 N–H and O–H groups in total. The minimum atomic E-state index is -1.51. The quantitative estimate of drug-likeness (QED) is 0.878. The van der Waals surface area contributed by atoms with Crippen molar-refractivity contribution in [2.24, 2.45) is 5.73 Å². The maximum Gasteiger partial charge on any atom is 0.194 e. The summed E-state index contributed by atoms with van der Waals surface area (Å²) in [5.74, 6) is -3.43. The van der Waals surface area contributed by atoms with E-state index in [1.807, 2.05) is 13.8 Å². The number of hydrogen-bond acceptors (Lipinski definition) is 3. The lowest BCUT2D eigenvalue weighted by Crippen LogP contribution is -2.19. The Hall–Kier alpha value is -1.89. The van der Waals surface area contributed by atoms with Gasteiger partial charge in [-0.1, -0.05) is 6.07 Å². The molecule has 0 fully saturated rings. The smallest absolute Gasteiger partial charge is 0.194 e. The maximum atomic E-state index is 13.7. The van der Waals surface area contributed by atoms with E-state index in [-0.39, 0.29) is 18.0 Å². The fourth-order valence-corrected chi connectivity index (χ4v) is 1.99. The Morgan fingerprint density at radius 2 is 1.90 bits per heavy atom. The summed E-state index contributed by atoms with van der Waals surface area (Å²) >= 11 is 0. The first-order valence-corrected chi connectivity index (χ1v) is 6.19. The van der Waals surface area contributed by atoms with Gasteiger partial charge in [0.15, 0.2) is 17.5 Å². The molecule has 2 rings (SSSR count). The van der Waals surface area contributed by atoms with Crippen LogP contribution in [0, 0.1) is 17.5 Å². The lowest BCUT2D eigenvalue weighted by Gasteiger charge is -2.15. The molecular weight excluding hydrogens is 269 g/mol. The predicted molar refractivity (Wildman–Crippen MR) is 67.4 cm³/mol. The first-order valence-electron chi connectivity index (χ1n) is 6.19. The number of nitrogens with zero attached hydrogens (tertiary/aromatic N) is 3. The number of benzene rings is 1. The van der Waals surface area contributed by atoms with Gasteiger partial charge < -0.3 is 5.73 Å². The van der Waals surface area contributed by atoms with Crippen LogP contribution in [-0.4, -0.2) is 14.8 Å². The molecule has 0 saturated heterocycles. The van der Waals surface area contributed by atoms with Crippen LogP contribution in [0.3, 0.4) is 0 Å². The molecule has 0 spiro atoms. The Bertz CT molecular complexity index is 610. The summed E-state index contributed by atoms with van der Waals surface area (Å²) in [5.41, 5.74) is 5.78. The van der Waals surface area contributed by atoms with Crippen LogP contribution in [0.15, 0.2) is 18.5 Å². The van der Waals surface area contributed by atoms with Crippen LogP contribution in [0.1, 0.15) is 37.3 Å². The fraction of sp³-hybridized carbons (Fsp3) is 0.385. The number of rotatable bonds is 4. The summed E-state index contributed by atoms with van der Waals surface area (Å²) < 4.78 is 41.4. The van der Waals surface area contributed by atoms with Crippen LogP contribution in [0.5, 0.6) is 0 Å². The number of nitrogens with two attached hydrogens (primary N) is 1. The molecule has 1 atom stereocenters. The van der Waals surface area contributed by atoms with Gasteiger partial charge in [-0.3, -0.25) is 0 Å². The van der Waals surface area contributed by atoms with Crippen molar-refractivity contribution in [2.45, 2.75) is 32.4 Å². The molecule has 0 aliphatic heterocycles. The Morgan fingerprint density at radius 3 is 2.55 bits per heavy atom. The van der Waals surface area contributed by atoms with E-state index in [9.17, 15) is 13.2 Å². The predicted octanol–water partition coefficient (Wildman–Crippen LogP) is 2.52. The van der Waals surface area contributed by atoms with Crippen LogP contribution in [0.2, 0.25) is 0 Å². The fourth-order valence-electron chi connectivity index (χ4n) is 1.99. The molecule has 1 heterocycles. The minimum absolute atomic E-state index is 0.0782. The van der Waals surface area contributed by atoms with Crippen molar-refractivity contribution in [2.75, 3.05) is 0 Å². The van der Waals surface area contributed by atoms with Gasteiger partial charge in [0.2, 0.25) is 0 Å². The van der Waals surface area contributed by atoms with E-state index in [2.05, 4.69) is 10.1 Å². The van der Waals surface area contributed by atoms with Crippen molar-refractivity contribution in [3.63, 3.8) is 0 Å². The summed E-state index contributed by atoms with van der Waals surface area (Å²) in [7, 11) is 0. The zero-order valence-electron chi connectivity index (χ0n) is 11.1. The second-order valence-corrected chi connectivity index (χ2v) is 4.79. The topological polar surface area (TPSA) is 56.7 Å². The number of hydrogen-bond donors (Lipinski definition) is 1. The molecule has 7 heteroatoms. The molecule has 20 heavy (non-hydrogen) atoms. The monoisotopic (exact) mass is 284 g/mol. The Balaban J connectivity index is 2.26. The molecule has 4 nitrogen and oxygen atoms in total. The molecule has 0 aliphatic carbocycles. The second-order valence-electron chi connectivity index (χ2n) is 4.79. The second kappa shape index (κ2) is 5.62. The third-order valence-electron chi connectivity index (χ3n) is 3.00. The molecule has 2 aromatic rings. The lowest BCUT2D eigenvalue weighted by atomic mass is 10.0. The molecule has 0 aliphatic rings. The number of halogens is 3. The third-order valence-corrected chi connectivity index (χ3v) is 3.00. The van der Waals surface area contributed by atoms with Gasteiger partial charge in [0, 0.05) is 24.1 Å². The maximum absolute atomic E-state index is 13.7. The molecule has 0 saturated carbocycles. The van der Waals surface area contributed by atoms with Crippen molar-refractivity contribution in [1.82, 2.24) is 14.8 Å². The molecule has 0 radical (unpaired) electrons. The van der Waals surface area contributed by atoms with Crippen LogP contribution >= 0.6 is 0 Å². The van der Waals surface area contributed by atoms with Gasteiger partial charge in [-0.15, -0.1) is 0 Å². The number of aromatic nitrogens is 3. The van der Waals surface area contributed by atoms with Crippen molar-refractivity contribution < 1.29 is 13.2 Å². The van der Waals surface area contributed by atoms with Gasteiger partial charge in [0.05, 0.1) is 0 Å². The van der Waals surface area contributed by atoms with E-state index in [4.69, 9.17) is 5.73 Å². The van der Waals surface area contributed by atoms with Gasteiger partial charge in [-0.2, -0.15) is 5.10 Å². The SMILES string of the molecule is CC(C)n1ncnc1CC(N)c1ccc(F)c(F)c1F. The van der Waals surface area contributed by atoms with E-state index in [1.54, 1.807) is 4.68 Å². The molecule has 1 unspecified atom stereocenters. The third kappa shape index (κ3) is 2.67. The standard InChI is InChI=1S/C13H15F3N4/c1-7(2)20-11(18-6-19-20)5-10(17)8-3-4-9(14)13(16)12(8)15/h3-4,6-7,10H,5,17H2,1-2H3. The van der Waals surface area contributed by atoms with Crippen molar-refractivity contribution in [3.8, 4) is 0 Å². The first kappa shape index (κ1) is 14.5. The molecule has 0 amide bonds. The molecule has 0 bridgehead atoms. The van der Waals surface area contributed by atoms with Crippen LogP contribution < -0.4 is 5.73 Å². The van der Waals surface area contributed by atoms with E-state index < -0.39 is 23.5 Å². The normalized spacial score (nSPS) is 12.9. The van der Waals surface area contributed by atoms with E-state index >= 15 is 0 Å². The molecule has 108 valence electrons. The lowest BCUT2D eigenvalue weighted by molar-refractivity contribution is 0.432. The van der Waals surface area contributed by atoms with Crippen molar-refractivity contribution in [1.29, 1.82) is 0 Å². The van der Waals surface area contributed by atoms with Crippen LogP contribution in [0.25, 0.3) is 0 Å². The van der Waals surface area contributed by atoms with Gasteiger partial charge in [0.25, 0.3) is 0 Å². The average Bonchev–Trinajstić information content (AvgIpc) is 2.84. The minimum Gasteiger partial charge on any atom is -0.323 e. The zero-order chi connectivity index (χ0) is 14.9. The Kier molecular flexibility index (Phi) is 4.08. The summed E-state index contributed by atoms with van der Waals surface area (Å²) in [6, 6.07) is 1.26. The molecular formula is C13H15F3N4. The summed E-state index contributed by atoms with van der Waals surface area (Å²) in [6.45, 7) is 3.84. The van der Waals surface area contributed by atoms with Crippen molar-refractivity contribution in [3.05, 3.63) is 47.3 Å².